The quantitative estimate of drug-likeness (QED) is 0.219. The fourth-order valence-corrected chi connectivity index (χ4v) is 3.76. The third kappa shape index (κ3) is 5.54. The minimum Gasteiger partial charge on any atom is -0.473 e. The van der Waals surface area contributed by atoms with E-state index in [1.165, 1.54) is 6.08 Å². The van der Waals surface area contributed by atoms with Crippen LogP contribution < -0.4 is 20.7 Å². The zero-order valence-corrected chi connectivity index (χ0v) is 19.6. The normalized spacial score (nSPS) is 14.6. The lowest BCUT2D eigenvalue weighted by atomic mass is 10.0. The van der Waals surface area contributed by atoms with Gasteiger partial charge in [0.15, 0.2) is 5.69 Å². The van der Waals surface area contributed by atoms with Crippen molar-refractivity contribution < 1.29 is 20.1 Å². The lowest BCUT2D eigenvalue weighted by Crippen LogP contribution is -2.29. The number of nitrogens with zero attached hydrogens (tertiary/aromatic N) is 4. The van der Waals surface area contributed by atoms with E-state index in [1.54, 1.807) is 16.8 Å². The molecule has 36 heavy (non-hydrogen) atoms. The summed E-state index contributed by atoms with van der Waals surface area (Å²) in [5.74, 6) is 0.269. The van der Waals surface area contributed by atoms with Gasteiger partial charge in [0, 0.05) is 30.7 Å². The molecule has 2 heterocycles. The van der Waals surface area contributed by atoms with E-state index in [9.17, 15) is 15.3 Å². The van der Waals surface area contributed by atoms with Gasteiger partial charge in [-0.25, -0.2) is 9.51 Å². The second-order valence-corrected chi connectivity index (χ2v) is 7.93. The van der Waals surface area contributed by atoms with Crippen LogP contribution in [-0.4, -0.2) is 75.9 Å². The topological polar surface area (TPSA) is 165 Å². The number of allylic oxidation sites excluding steroid dienone is 2. The molecular formula is C25H29N7O4. The molecule has 0 fully saturated rings. The number of ether oxygens (including phenoxy) is 1. The number of pyridine rings is 1. The van der Waals surface area contributed by atoms with Crippen LogP contribution in [0, 0.1) is 5.41 Å². The zero-order chi connectivity index (χ0) is 25.5. The molecule has 188 valence electrons. The Morgan fingerprint density at radius 2 is 1.78 bits per heavy atom. The van der Waals surface area contributed by atoms with Gasteiger partial charge in [-0.05, 0) is 48.6 Å². The van der Waals surface area contributed by atoms with Crippen LogP contribution in [0.5, 0.6) is 5.88 Å². The maximum Gasteiger partial charge on any atom is 0.260 e. The number of nitrogens with one attached hydrogen (secondary N) is 2. The first-order valence-corrected chi connectivity index (χ1v) is 11.5. The lowest BCUT2D eigenvalue weighted by Gasteiger charge is -2.23. The van der Waals surface area contributed by atoms with E-state index in [4.69, 9.17) is 20.9 Å². The Bertz CT molecular complexity index is 1310. The van der Waals surface area contributed by atoms with E-state index < -0.39 is 0 Å². The molecule has 0 saturated carbocycles. The van der Waals surface area contributed by atoms with Gasteiger partial charge in [-0.3, -0.25) is 5.41 Å². The molecule has 11 nitrogen and oxygen atoms in total. The number of aliphatic imine (C=N–C) groups is 1. The summed E-state index contributed by atoms with van der Waals surface area (Å²) in [4.78, 5) is 6.59. The minimum atomic E-state index is -0.159. The molecule has 3 aromatic rings. The van der Waals surface area contributed by atoms with Crippen LogP contribution in [0.2, 0.25) is 0 Å². The summed E-state index contributed by atoms with van der Waals surface area (Å²) in [6.45, 7) is 0.720. The molecule has 11 heteroatoms. The number of rotatable bonds is 11. The van der Waals surface area contributed by atoms with E-state index in [0.717, 1.165) is 11.4 Å². The highest BCUT2D eigenvalue weighted by atomic mass is 16.5. The summed E-state index contributed by atoms with van der Waals surface area (Å²) >= 11 is 0. The summed E-state index contributed by atoms with van der Waals surface area (Å²) in [6, 6.07) is 13.0. The van der Waals surface area contributed by atoms with Crippen LogP contribution in [0.1, 0.15) is 0 Å². The van der Waals surface area contributed by atoms with Crippen LogP contribution in [0.3, 0.4) is 0 Å². The molecule has 0 saturated heterocycles. The number of aromatic nitrogens is 2. The van der Waals surface area contributed by atoms with Gasteiger partial charge in [0.1, 0.15) is 6.61 Å². The van der Waals surface area contributed by atoms with Crippen LogP contribution in [0.4, 0.5) is 17.1 Å². The van der Waals surface area contributed by atoms with Crippen molar-refractivity contribution in [2.24, 2.45) is 10.7 Å². The average Bonchev–Trinajstić information content (AvgIpc) is 3.23. The van der Waals surface area contributed by atoms with E-state index in [0.29, 0.717) is 41.4 Å². The highest BCUT2D eigenvalue weighted by molar-refractivity contribution is 6.24. The summed E-state index contributed by atoms with van der Waals surface area (Å²) in [5.41, 5.74) is 10.5. The third-order valence-corrected chi connectivity index (χ3v) is 5.46. The highest BCUT2D eigenvalue weighted by Gasteiger charge is 2.19. The highest BCUT2D eigenvalue weighted by Crippen LogP contribution is 2.33. The predicted molar refractivity (Wildman–Crippen MR) is 139 cm³/mol. The van der Waals surface area contributed by atoms with Crippen molar-refractivity contribution >= 4 is 34.0 Å². The molecule has 0 aliphatic heterocycles. The Kier molecular flexibility index (Phi) is 7.95. The van der Waals surface area contributed by atoms with Crippen molar-refractivity contribution in [1.29, 1.82) is 5.41 Å². The largest absolute Gasteiger partial charge is 0.473 e. The van der Waals surface area contributed by atoms with Crippen LogP contribution in [0.25, 0.3) is 5.52 Å². The van der Waals surface area contributed by atoms with Crippen molar-refractivity contribution in [3.8, 4) is 5.88 Å². The number of fused-ring (bicyclic) bond motifs is 1. The van der Waals surface area contributed by atoms with Gasteiger partial charge in [0.05, 0.1) is 48.2 Å². The molecule has 2 aromatic heterocycles. The molecule has 1 aliphatic rings. The maximum atomic E-state index is 9.26. The Hall–Kier alpha value is -4.19. The summed E-state index contributed by atoms with van der Waals surface area (Å²) in [6.07, 6.45) is 4.99. The third-order valence-electron chi connectivity index (χ3n) is 5.46. The maximum absolute atomic E-state index is 9.26. The summed E-state index contributed by atoms with van der Waals surface area (Å²) in [7, 11) is 0. The SMILES string of the molecule is N=C1C=C(N)/C(=N\c2c(OCCO)nn3ccccc23)C=C1Nc1ccc(N(CCO)CCO)cc1. The number of anilines is 2. The molecule has 1 aliphatic carbocycles. The van der Waals surface area contributed by atoms with Crippen LogP contribution >= 0.6 is 0 Å². The molecule has 1 aromatic carbocycles. The fourth-order valence-electron chi connectivity index (χ4n) is 3.76. The second kappa shape index (κ2) is 11.5. The predicted octanol–water partition coefficient (Wildman–Crippen LogP) is 1.44. The molecular weight excluding hydrogens is 462 g/mol. The van der Waals surface area contributed by atoms with Gasteiger partial charge in [0.25, 0.3) is 5.88 Å². The Morgan fingerprint density at radius 1 is 1.03 bits per heavy atom. The minimum absolute atomic E-state index is 0.0145. The van der Waals surface area contributed by atoms with Gasteiger partial charge in [-0.2, -0.15) is 0 Å². The Balaban J connectivity index is 1.62. The molecule has 4 rings (SSSR count). The lowest BCUT2D eigenvalue weighted by molar-refractivity contribution is 0.197. The molecule has 0 spiro atoms. The number of nitrogens with two attached hydrogens (primary N) is 1. The van der Waals surface area contributed by atoms with Crippen molar-refractivity contribution in [2.75, 3.05) is 49.7 Å². The van der Waals surface area contributed by atoms with E-state index in [-0.39, 0.29) is 38.0 Å². The monoisotopic (exact) mass is 491 g/mol. The van der Waals surface area contributed by atoms with Crippen molar-refractivity contribution in [2.45, 2.75) is 0 Å². The second-order valence-electron chi connectivity index (χ2n) is 7.93. The summed E-state index contributed by atoms with van der Waals surface area (Å²) < 4.78 is 7.23. The smallest absolute Gasteiger partial charge is 0.260 e. The number of hydrogen-bond acceptors (Lipinski definition) is 10. The average molecular weight is 492 g/mol. The molecule has 0 unspecified atom stereocenters. The summed E-state index contributed by atoms with van der Waals surface area (Å²) in [5, 5.41) is 43.7. The van der Waals surface area contributed by atoms with Gasteiger partial charge in [0.2, 0.25) is 0 Å². The van der Waals surface area contributed by atoms with Gasteiger partial charge >= 0.3 is 0 Å². The first-order valence-electron chi connectivity index (χ1n) is 11.5. The van der Waals surface area contributed by atoms with E-state index in [2.05, 4.69) is 10.4 Å². The number of benzene rings is 1. The van der Waals surface area contributed by atoms with Crippen molar-refractivity contribution in [1.82, 2.24) is 9.61 Å². The Morgan fingerprint density at radius 3 is 2.47 bits per heavy atom. The molecule has 7 N–H and O–H groups in total. The van der Waals surface area contributed by atoms with Gasteiger partial charge in [-0.1, -0.05) is 6.07 Å². The molecule has 0 amide bonds. The molecule has 0 bridgehead atoms. The van der Waals surface area contributed by atoms with Gasteiger partial charge < -0.3 is 36.0 Å². The zero-order valence-electron chi connectivity index (χ0n) is 19.6. The molecule has 0 atom stereocenters. The van der Waals surface area contributed by atoms with Crippen molar-refractivity contribution in [3.05, 3.63) is 72.2 Å². The Labute approximate surface area is 208 Å². The number of aliphatic hydroxyl groups excluding tert-OH is 3. The van der Waals surface area contributed by atoms with E-state index >= 15 is 0 Å². The van der Waals surface area contributed by atoms with Crippen LogP contribution in [-0.2, 0) is 0 Å². The first kappa shape index (κ1) is 24.9. The van der Waals surface area contributed by atoms with Crippen molar-refractivity contribution in [3.63, 3.8) is 0 Å². The van der Waals surface area contributed by atoms with Crippen LogP contribution in [0.15, 0.2) is 77.2 Å². The standard InChI is InChI=1S/C25H29N7O4/c26-19-15-20(27)22(29-24-23-3-1-2-8-32(23)30-25(24)36-14-13-35)16-21(19)28-17-4-6-18(7-5-17)31(9-11-33)10-12-34/h1-8,15-16,26,28,33-35H,9-14,27H2/b26-19?,29-22-. The first-order chi connectivity index (χ1) is 17.5. The van der Waals surface area contributed by atoms with Gasteiger partial charge in [-0.15, -0.1) is 5.10 Å². The number of hydrogen-bond donors (Lipinski definition) is 6. The fraction of sp³-hybridized carbons (Fsp3) is 0.240. The number of aliphatic hydroxyl groups is 3. The van der Waals surface area contributed by atoms with E-state index in [1.807, 2.05) is 47.4 Å². The molecule has 0 radical (unpaired) electrons.